The molecule has 7 heteroatoms. The van der Waals surface area contributed by atoms with Gasteiger partial charge in [0.15, 0.2) is 0 Å². The number of cyclic esters (lactones) is 2. The van der Waals surface area contributed by atoms with Crippen molar-refractivity contribution >= 4 is 17.6 Å². The fourth-order valence-electron chi connectivity index (χ4n) is 1.45. The number of hydrogen-bond donors (Lipinski definition) is 1. The summed E-state index contributed by atoms with van der Waals surface area (Å²) in [5, 5.41) is 16.4. The van der Waals surface area contributed by atoms with Gasteiger partial charge in [-0.1, -0.05) is 0 Å². The molecule has 1 N–H and O–H groups in total. The van der Waals surface area contributed by atoms with Gasteiger partial charge in [0, 0.05) is 13.8 Å². The second-order valence-corrected chi connectivity index (χ2v) is 4.38. The summed E-state index contributed by atoms with van der Waals surface area (Å²) in [4.78, 5) is 23.2. The molecule has 0 unspecified atom stereocenters. The number of hydrogen-bond acceptors (Lipinski definition) is 7. The van der Waals surface area contributed by atoms with Crippen LogP contribution in [0, 0.1) is 0 Å². The van der Waals surface area contributed by atoms with Crippen molar-refractivity contribution in [2.75, 3.05) is 0 Å². The van der Waals surface area contributed by atoms with Gasteiger partial charge < -0.3 is 14.6 Å². The van der Waals surface area contributed by atoms with E-state index in [2.05, 4.69) is 10.2 Å². The summed E-state index contributed by atoms with van der Waals surface area (Å²) in [5.74, 6) is -2.80. The average Bonchev–Trinajstić information content (AvgIpc) is 2.29. The molecule has 0 saturated carbocycles. The van der Waals surface area contributed by atoms with Crippen molar-refractivity contribution in [3.8, 4) is 5.75 Å². The predicted molar refractivity (Wildman–Crippen MR) is 62.7 cm³/mol. The van der Waals surface area contributed by atoms with Crippen molar-refractivity contribution in [2.24, 2.45) is 10.2 Å². The number of benzene rings is 1. The summed E-state index contributed by atoms with van der Waals surface area (Å²) in [6.07, 6.45) is 0. The maximum Gasteiger partial charge on any atom is 0.347 e. The van der Waals surface area contributed by atoms with Gasteiger partial charge in [-0.2, -0.15) is 10.2 Å². The Hall–Kier alpha value is -2.44. The van der Waals surface area contributed by atoms with Crippen LogP contribution in [-0.2, 0) is 19.1 Å². The summed E-state index contributed by atoms with van der Waals surface area (Å²) in [6.45, 7) is 2.91. The Bertz CT molecular complexity index is 516. The van der Waals surface area contributed by atoms with Gasteiger partial charge in [-0.05, 0) is 24.3 Å². The lowest BCUT2D eigenvalue weighted by molar-refractivity contribution is -0.234. The normalized spacial score (nSPS) is 19.3. The number of aromatic hydroxyl groups is 1. The largest absolute Gasteiger partial charge is 0.508 e. The standard InChI is InChI=1S/C12H12N2O5/c1-12(2)18-10(16)9(11(17)19-12)14-13-7-3-5-8(15)6-4-7/h3-6,9,15H,1-2H3. The molecular weight excluding hydrogens is 252 g/mol. The summed E-state index contributed by atoms with van der Waals surface area (Å²) in [5.41, 5.74) is 0.392. The van der Waals surface area contributed by atoms with Gasteiger partial charge in [-0.25, -0.2) is 9.59 Å². The fourth-order valence-corrected chi connectivity index (χ4v) is 1.45. The molecule has 19 heavy (non-hydrogen) atoms. The van der Waals surface area contributed by atoms with Crippen LogP contribution in [0.1, 0.15) is 13.8 Å². The van der Waals surface area contributed by atoms with Crippen LogP contribution in [-0.4, -0.2) is 28.9 Å². The quantitative estimate of drug-likeness (QED) is 0.498. The lowest BCUT2D eigenvalue weighted by Crippen LogP contribution is -2.48. The highest BCUT2D eigenvalue weighted by molar-refractivity contribution is 6.01. The number of esters is 2. The lowest BCUT2D eigenvalue weighted by Gasteiger charge is -2.30. The van der Waals surface area contributed by atoms with E-state index in [0.29, 0.717) is 5.69 Å². The van der Waals surface area contributed by atoms with E-state index in [-0.39, 0.29) is 5.75 Å². The number of ether oxygens (including phenoxy) is 2. The van der Waals surface area contributed by atoms with E-state index in [4.69, 9.17) is 14.6 Å². The zero-order valence-corrected chi connectivity index (χ0v) is 10.4. The summed E-state index contributed by atoms with van der Waals surface area (Å²) in [6, 6.07) is 4.39. The van der Waals surface area contributed by atoms with Crippen LogP contribution in [0.25, 0.3) is 0 Å². The highest BCUT2D eigenvalue weighted by Gasteiger charge is 2.43. The predicted octanol–water partition coefficient (Wildman–Crippen LogP) is 1.68. The Labute approximate surface area is 108 Å². The number of nitrogens with zero attached hydrogens (tertiary/aromatic N) is 2. The molecule has 0 spiro atoms. The van der Waals surface area contributed by atoms with Crippen LogP contribution in [0.15, 0.2) is 34.5 Å². The Kier molecular flexibility index (Phi) is 3.20. The molecule has 1 aliphatic rings. The first-order valence-electron chi connectivity index (χ1n) is 5.53. The minimum absolute atomic E-state index is 0.0807. The maximum absolute atomic E-state index is 11.6. The Morgan fingerprint density at radius 2 is 1.63 bits per heavy atom. The molecule has 0 amide bonds. The van der Waals surface area contributed by atoms with Gasteiger partial charge in [-0.15, -0.1) is 0 Å². The molecule has 0 aromatic heterocycles. The van der Waals surface area contributed by atoms with E-state index in [9.17, 15) is 9.59 Å². The van der Waals surface area contributed by atoms with E-state index < -0.39 is 23.8 Å². The van der Waals surface area contributed by atoms with Gasteiger partial charge in [0.2, 0.25) is 0 Å². The van der Waals surface area contributed by atoms with Crippen molar-refractivity contribution in [3.05, 3.63) is 24.3 Å². The number of rotatable bonds is 2. The van der Waals surface area contributed by atoms with Crippen LogP contribution < -0.4 is 0 Å². The second kappa shape index (κ2) is 4.68. The van der Waals surface area contributed by atoms with E-state index in [1.807, 2.05) is 0 Å². The molecule has 1 heterocycles. The van der Waals surface area contributed by atoms with Crippen LogP contribution in [0.5, 0.6) is 5.75 Å². The van der Waals surface area contributed by atoms with Crippen molar-refractivity contribution in [2.45, 2.75) is 25.7 Å². The maximum atomic E-state index is 11.6. The fraction of sp³-hybridized carbons (Fsp3) is 0.333. The molecule has 0 bridgehead atoms. The second-order valence-electron chi connectivity index (χ2n) is 4.38. The lowest BCUT2D eigenvalue weighted by atomic mass is 10.2. The summed E-state index contributed by atoms with van der Waals surface area (Å²) in [7, 11) is 0. The van der Waals surface area contributed by atoms with Crippen molar-refractivity contribution in [1.82, 2.24) is 0 Å². The third-order valence-corrected chi connectivity index (χ3v) is 2.28. The Morgan fingerprint density at radius 3 is 2.16 bits per heavy atom. The first-order chi connectivity index (χ1) is 8.87. The third-order valence-electron chi connectivity index (χ3n) is 2.28. The van der Waals surface area contributed by atoms with Gasteiger partial charge >= 0.3 is 11.9 Å². The Balaban J connectivity index is 2.12. The number of azo groups is 1. The highest BCUT2D eigenvalue weighted by atomic mass is 16.7. The van der Waals surface area contributed by atoms with Gasteiger partial charge in [0.25, 0.3) is 11.8 Å². The van der Waals surface area contributed by atoms with Crippen molar-refractivity contribution in [1.29, 1.82) is 0 Å². The summed E-state index contributed by atoms with van der Waals surface area (Å²) >= 11 is 0. The van der Waals surface area contributed by atoms with Crippen molar-refractivity contribution in [3.63, 3.8) is 0 Å². The number of carbonyl (C=O) groups excluding carboxylic acids is 2. The van der Waals surface area contributed by atoms with Gasteiger partial charge in [0.1, 0.15) is 5.75 Å². The van der Waals surface area contributed by atoms with Crippen LogP contribution in [0.2, 0.25) is 0 Å². The molecule has 0 atom stereocenters. The van der Waals surface area contributed by atoms with Crippen molar-refractivity contribution < 1.29 is 24.2 Å². The molecule has 0 radical (unpaired) electrons. The molecule has 100 valence electrons. The minimum atomic E-state index is -1.41. The first-order valence-corrected chi connectivity index (χ1v) is 5.53. The first kappa shape index (κ1) is 13.0. The monoisotopic (exact) mass is 264 g/mol. The van der Waals surface area contributed by atoms with E-state index in [1.165, 1.54) is 38.1 Å². The Morgan fingerprint density at radius 1 is 1.11 bits per heavy atom. The molecule has 1 aromatic rings. The molecule has 1 saturated heterocycles. The zero-order valence-electron chi connectivity index (χ0n) is 10.4. The molecular formula is C12H12N2O5. The average molecular weight is 264 g/mol. The van der Waals surface area contributed by atoms with Gasteiger partial charge in [0.05, 0.1) is 5.69 Å². The molecule has 7 nitrogen and oxygen atoms in total. The molecule has 1 fully saturated rings. The SMILES string of the molecule is CC1(C)OC(=O)C(N=Nc2ccc(O)cc2)C(=O)O1. The van der Waals surface area contributed by atoms with E-state index in [0.717, 1.165) is 0 Å². The highest BCUT2D eigenvalue weighted by Crippen LogP contribution is 2.23. The number of phenolic OH excluding ortho intramolecular Hbond substituents is 1. The van der Waals surface area contributed by atoms with E-state index in [1.54, 1.807) is 0 Å². The number of carbonyl (C=O) groups is 2. The topological polar surface area (TPSA) is 97.5 Å². The van der Waals surface area contributed by atoms with Crippen LogP contribution in [0.3, 0.4) is 0 Å². The smallest absolute Gasteiger partial charge is 0.347 e. The third kappa shape index (κ3) is 3.06. The molecule has 2 rings (SSSR count). The molecule has 1 aliphatic heterocycles. The summed E-state index contributed by atoms with van der Waals surface area (Å²) < 4.78 is 9.78. The molecule has 1 aromatic carbocycles. The van der Waals surface area contributed by atoms with Crippen LogP contribution >= 0.6 is 0 Å². The zero-order chi connectivity index (χ0) is 14.0. The number of phenols is 1. The van der Waals surface area contributed by atoms with E-state index >= 15 is 0 Å². The molecule has 0 aliphatic carbocycles. The van der Waals surface area contributed by atoms with Gasteiger partial charge in [-0.3, -0.25) is 0 Å². The van der Waals surface area contributed by atoms with Crippen LogP contribution in [0.4, 0.5) is 5.69 Å². The minimum Gasteiger partial charge on any atom is -0.508 e.